The zero-order chi connectivity index (χ0) is 18.1. The quantitative estimate of drug-likeness (QED) is 0.708. The Labute approximate surface area is 156 Å². The number of carbonyl (C=O) groups is 1. The molecule has 4 N–H and O–H groups in total. The summed E-state index contributed by atoms with van der Waals surface area (Å²) in [4.78, 5) is 18.1. The average Bonchev–Trinajstić information content (AvgIpc) is 3.03. The van der Waals surface area contributed by atoms with Crippen molar-refractivity contribution in [3.63, 3.8) is 0 Å². The Bertz CT molecular complexity index is 858. The van der Waals surface area contributed by atoms with E-state index in [0.717, 1.165) is 22.2 Å². The van der Waals surface area contributed by atoms with Crippen molar-refractivity contribution in [1.29, 1.82) is 0 Å². The summed E-state index contributed by atoms with van der Waals surface area (Å²) in [5, 5.41) is 13.7. The molecule has 2 aromatic rings. The van der Waals surface area contributed by atoms with Gasteiger partial charge in [0.05, 0.1) is 6.54 Å². The van der Waals surface area contributed by atoms with Crippen LogP contribution in [0.25, 0.3) is 0 Å². The van der Waals surface area contributed by atoms with Crippen LogP contribution in [-0.2, 0) is 5.54 Å². The lowest BCUT2D eigenvalue weighted by molar-refractivity contribution is 0.152. The van der Waals surface area contributed by atoms with Gasteiger partial charge in [0.25, 0.3) is 0 Å². The molecular formula is C19H20N4O2S. The molecule has 0 bridgehead atoms. The van der Waals surface area contributed by atoms with Crippen molar-refractivity contribution in [2.75, 3.05) is 29.9 Å². The Morgan fingerprint density at radius 1 is 1.27 bits per heavy atom. The Morgan fingerprint density at radius 2 is 2.08 bits per heavy atom. The number of thioether (sulfide) groups is 1. The molecule has 2 aromatic carbocycles. The first-order valence-corrected chi connectivity index (χ1v) is 9.44. The SMILES string of the molecule is Nc1cccc(C23CN(C(=O)O)C[C@H]2CSC(Nc2ccccc2)=N3)c1. The summed E-state index contributed by atoms with van der Waals surface area (Å²) in [6.45, 7) is 0.830. The minimum absolute atomic E-state index is 0.117. The molecule has 26 heavy (non-hydrogen) atoms. The number of rotatable bonds is 2. The van der Waals surface area contributed by atoms with Crippen molar-refractivity contribution >= 4 is 34.4 Å². The highest BCUT2D eigenvalue weighted by Gasteiger charge is 2.51. The molecule has 0 saturated carbocycles. The summed E-state index contributed by atoms with van der Waals surface area (Å²) < 4.78 is 0. The number of likely N-dealkylation sites (tertiary alicyclic amines) is 1. The highest BCUT2D eigenvalue weighted by Crippen LogP contribution is 2.46. The molecule has 0 radical (unpaired) electrons. The summed E-state index contributed by atoms with van der Waals surface area (Å²) in [5.41, 5.74) is 8.00. The number of aliphatic imine (C=N–C) groups is 1. The van der Waals surface area contributed by atoms with E-state index in [9.17, 15) is 9.90 Å². The maximum Gasteiger partial charge on any atom is 0.407 e. The second kappa shape index (κ2) is 6.57. The number of anilines is 2. The van der Waals surface area contributed by atoms with Gasteiger partial charge >= 0.3 is 6.09 Å². The topological polar surface area (TPSA) is 91.0 Å². The third-order valence-electron chi connectivity index (χ3n) is 4.95. The lowest BCUT2D eigenvalue weighted by atomic mass is 9.81. The largest absolute Gasteiger partial charge is 0.465 e. The fourth-order valence-electron chi connectivity index (χ4n) is 3.67. The maximum absolute atomic E-state index is 11.6. The average molecular weight is 368 g/mol. The van der Waals surface area contributed by atoms with Gasteiger partial charge in [0.15, 0.2) is 5.17 Å². The van der Waals surface area contributed by atoms with Crippen LogP contribution in [0.5, 0.6) is 0 Å². The van der Waals surface area contributed by atoms with Gasteiger partial charge in [-0.3, -0.25) is 0 Å². The number of nitrogens with two attached hydrogens (primary N) is 1. The molecule has 4 rings (SSSR count). The molecule has 7 heteroatoms. The number of fused-ring (bicyclic) bond motifs is 1. The fourth-order valence-corrected chi connectivity index (χ4v) is 4.82. The van der Waals surface area contributed by atoms with Crippen LogP contribution in [0.2, 0.25) is 0 Å². The van der Waals surface area contributed by atoms with Crippen molar-refractivity contribution in [2.45, 2.75) is 5.54 Å². The van der Waals surface area contributed by atoms with Gasteiger partial charge in [-0.15, -0.1) is 0 Å². The van der Waals surface area contributed by atoms with Crippen LogP contribution < -0.4 is 11.1 Å². The second-order valence-corrected chi connectivity index (χ2v) is 7.64. The minimum atomic E-state index is -0.902. The monoisotopic (exact) mass is 368 g/mol. The lowest BCUT2D eigenvalue weighted by Gasteiger charge is -2.35. The van der Waals surface area contributed by atoms with E-state index in [2.05, 4.69) is 5.32 Å². The van der Waals surface area contributed by atoms with E-state index in [1.165, 1.54) is 4.90 Å². The standard InChI is InChI=1S/C19H20N4O2S/c20-15-6-4-5-13(9-15)19-12-23(18(24)25)10-14(19)11-26-17(22-19)21-16-7-2-1-3-8-16/h1-9,14H,10-12,20H2,(H,21,22)(H,24,25)/t14-,19?/m0/s1. The first-order chi connectivity index (χ1) is 12.6. The Morgan fingerprint density at radius 3 is 2.81 bits per heavy atom. The molecular weight excluding hydrogens is 348 g/mol. The van der Waals surface area contributed by atoms with E-state index >= 15 is 0 Å². The number of hydrogen-bond donors (Lipinski definition) is 3. The van der Waals surface area contributed by atoms with Crippen LogP contribution in [-0.4, -0.2) is 40.1 Å². The highest BCUT2D eigenvalue weighted by molar-refractivity contribution is 8.14. The number of amidine groups is 1. The van der Waals surface area contributed by atoms with Gasteiger partial charge in [-0.1, -0.05) is 42.1 Å². The molecule has 0 aromatic heterocycles. The molecule has 2 heterocycles. The highest BCUT2D eigenvalue weighted by atomic mass is 32.2. The van der Waals surface area contributed by atoms with Gasteiger partial charge < -0.3 is 21.1 Å². The Hall–Kier alpha value is -2.67. The Kier molecular flexibility index (Phi) is 4.24. The lowest BCUT2D eigenvalue weighted by Crippen LogP contribution is -2.40. The molecule has 0 aliphatic carbocycles. The minimum Gasteiger partial charge on any atom is -0.465 e. The molecule has 2 atom stereocenters. The Balaban J connectivity index is 1.75. The van der Waals surface area contributed by atoms with Crippen LogP contribution in [0.4, 0.5) is 16.2 Å². The van der Waals surface area contributed by atoms with E-state index in [0.29, 0.717) is 18.8 Å². The predicted molar refractivity (Wildman–Crippen MR) is 106 cm³/mol. The van der Waals surface area contributed by atoms with Gasteiger partial charge in [0, 0.05) is 29.6 Å². The summed E-state index contributed by atoms with van der Waals surface area (Å²) in [6.07, 6.45) is -0.902. The molecule has 1 amide bonds. The van der Waals surface area contributed by atoms with Crippen LogP contribution in [0, 0.1) is 5.92 Å². The molecule has 6 nitrogen and oxygen atoms in total. The molecule has 2 aliphatic rings. The maximum atomic E-state index is 11.6. The first-order valence-electron chi connectivity index (χ1n) is 8.45. The van der Waals surface area contributed by atoms with Crippen molar-refractivity contribution in [1.82, 2.24) is 4.90 Å². The van der Waals surface area contributed by atoms with Crippen molar-refractivity contribution in [2.24, 2.45) is 10.9 Å². The molecule has 2 aliphatic heterocycles. The van der Waals surface area contributed by atoms with Gasteiger partial charge in [0.2, 0.25) is 0 Å². The number of para-hydroxylation sites is 1. The molecule has 1 unspecified atom stereocenters. The third-order valence-corrected chi connectivity index (χ3v) is 5.99. The number of nitrogen functional groups attached to an aromatic ring is 1. The second-order valence-electron chi connectivity index (χ2n) is 6.63. The van der Waals surface area contributed by atoms with Gasteiger partial charge in [0.1, 0.15) is 5.54 Å². The van der Waals surface area contributed by atoms with Crippen LogP contribution in [0.3, 0.4) is 0 Å². The summed E-state index contributed by atoms with van der Waals surface area (Å²) >= 11 is 1.63. The van der Waals surface area contributed by atoms with E-state index in [1.807, 2.05) is 54.6 Å². The van der Waals surface area contributed by atoms with E-state index in [4.69, 9.17) is 10.7 Å². The van der Waals surface area contributed by atoms with E-state index in [-0.39, 0.29) is 5.92 Å². The number of hydrogen-bond acceptors (Lipinski definition) is 5. The first kappa shape index (κ1) is 16.8. The number of benzene rings is 2. The number of carboxylic acid groups (broad SMARTS) is 1. The molecule has 1 saturated heterocycles. The third kappa shape index (κ3) is 2.99. The molecule has 134 valence electrons. The van der Waals surface area contributed by atoms with Gasteiger partial charge in [-0.2, -0.15) is 0 Å². The fraction of sp³-hybridized carbons (Fsp3) is 0.263. The number of nitrogens with zero attached hydrogens (tertiary/aromatic N) is 2. The zero-order valence-corrected chi connectivity index (χ0v) is 14.9. The van der Waals surface area contributed by atoms with Crippen molar-refractivity contribution < 1.29 is 9.90 Å². The van der Waals surface area contributed by atoms with Gasteiger partial charge in [-0.25, -0.2) is 9.79 Å². The van der Waals surface area contributed by atoms with Crippen LogP contribution in [0.15, 0.2) is 59.6 Å². The van der Waals surface area contributed by atoms with Crippen LogP contribution >= 0.6 is 11.8 Å². The molecule has 0 spiro atoms. The zero-order valence-electron chi connectivity index (χ0n) is 14.1. The van der Waals surface area contributed by atoms with Crippen LogP contribution in [0.1, 0.15) is 5.56 Å². The van der Waals surface area contributed by atoms with Gasteiger partial charge in [-0.05, 0) is 29.8 Å². The summed E-state index contributed by atoms with van der Waals surface area (Å²) in [5.74, 6) is 0.920. The van der Waals surface area contributed by atoms with E-state index < -0.39 is 11.6 Å². The molecule has 1 fully saturated rings. The number of nitrogens with one attached hydrogen (secondary N) is 1. The predicted octanol–water partition coefficient (Wildman–Crippen LogP) is 3.29. The number of amides is 1. The summed E-state index contributed by atoms with van der Waals surface area (Å²) in [7, 11) is 0. The van der Waals surface area contributed by atoms with Crippen molar-refractivity contribution in [3.8, 4) is 0 Å². The smallest absolute Gasteiger partial charge is 0.407 e. The normalized spacial score (nSPS) is 24.7. The van der Waals surface area contributed by atoms with E-state index in [1.54, 1.807) is 11.8 Å². The van der Waals surface area contributed by atoms with Crippen molar-refractivity contribution in [3.05, 3.63) is 60.2 Å². The summed E-state index contributed by atoms with van der Waals surface area (Å²) in [6, 6.07) is 17.5.